The maximum absolute atomic E-state index is 12.0. The molecule has 1 aromatic heterocycles. The number of aromatic nitrogens is 2. The van der Waals surface area contributed by atoms with Gasteiger partial charge < -0.3 is 10.5 Å². The Morgan fingerprint density at radius 1 is 1.33 bits per heavy atom. The predicted octanol–water partition coefficient (Wildman–Crippen LogP) is 0.717. The second-order valence-electron chi connectivity index (χ2n) is 4.80. The normalized spacial score (nSPS) is 11.9. The van der Waals surface area contributed by atoms with Crippen LogP contribution in [0.25, 0.3) is 0 Å². The average Bonchev–Trinajstić information content (AvgIpc) is 2.94. The molecule has 8 heteroatoms. The molecule has 0 unspecified atom stereocenters. The predicted molar refractivity (Wildman–Crippen MR) is 81.4 cm³/mol. The summed E-state index contributed by atoms with van der Waals surface area (Å²) in [7, 11) is -3.48. The lowest BCUT2D eigenvalue weighted by molar-refractivity contribution is 0.130. The molecule has 3 N–H and O–H groups in total. The van der Waals surface area contributed by atoms with E-state index in [1.54, 1.807) is 4.68 Å². The van der Waals surface area contributed by atoms with Crippen LogP contribution < -0.4 is 10.5 Å². The van der Waals surface area contributed by atoms with Crippen molar-refractivity contribution in [2.75, 3.05) is 26.3 Å². The third kappa shape index (κ3) is 7.03. The van der Waals surface area contributed by atoms with Crippen LogP contribution in [0, 0.1) is 0 Å². The van der Waals surface area contributed by atoms with E-state index in [4.69, 9.17) is 10.5 Å². The van der Waals surface area contributed by atoms with E-state index in [1.807, 2.05) is 0 Å². The molecule has 0 amide bonds. The summed E-state index contributed by atoms with van der Waals surface area (Å²) in [6.45, 7) is 4.94. The zero-order valence-electron chi connectivity index (χ0n) is 12.6. The molecule has 0 fully saturated rings. The zero-order valence-corrected chi connectivity index (χ0v) is 13.4. The highest BCUT2D eigenvalue weighted by atomic mass is 32.2. The number of nitrogens with two attached hydrogens (primary N) is 1. The van der Waals surface area contributed by atoms with Crippen LogP contribution in [0.4, 0.5) is 0 Å². The highest BCUT2D eigenvalue weighted by Crippen LogP contribution is 2.07. The summed E-state index contributed by atoms with van der Waals surface area (Å²) in [4.78, 5) is 0.187. The molecule has 122 valence electrons. The van der Waals surface area contributed by atoms with Gasteiger partial charge in [0, 0.05) is 32.5 Å². The molecule has 0 radical (unpaired) electrons. The third-order valence-corrected chi connectivity index (χ3v) is 4.33. The number of hydrogen-bond donors (Lipinski definition) is 2. The van der Waals surface area contributed by atoms with Crippen molar-refractivity contribution in [1.82, 2.24) is 14.5 Å². The quantitative estimate of drug-likeness (QED) is 0.553. The van der Waals surface area contributed by atoms with E-state index < -0.39 is 10.0 Å². The fraction of sp³-hybridized carbons (Fsp3) is 0.769. The molecular weight excluding hydrogens is 292 g/mol. The molecule has 1 heterocycles. The average molecular weight is 318 g/mol. The fourth-order valence-electron chi connectivity index (χ4n) is 1.67. The van der Waals surface area contributed by atoms with Crippen molar-refractivity contribution >= 4 is 10.0 Å². The number of sulfonamides is 1. The molecular formula is C13H26N4O3S. The minimum Gasteiger partial charge on any atom is -0.381 e. The lowest BCUT2D eigenvalue weighted by Gasteiger charge is -2.05. The van der Waals surface area contributed by atoms with Gasteiger partial charge in [0.05, 0.1) is 6.20 Å². The van der Waals surface area contributed by atoms with Crippen molar-refractivity contribution in [3.63, 3.8) is 0 Å². The van der Waals surface area contributed by atoms with Crippen LogP contribution in [0.5, 0.6) is 0 Å². The van der Waals surface area contributed by atoms with Crippen molar-refractivity contribution in [3.05, 3.63) is 12.4 Å². The largest absolute Gasteiger partial charge is 0.381 e. The summed E-state index contributed by atoms with van der Waals surface area (Å²) in [5.41, 5.74) is 5.41. The SMILES string of the molecule is CCCCOCCCNS(=O)(=O)c1cnn(CCCN)c1. The number of ether oxygens (including phenoxy) is 1. The summed E-state index contributed by atoms with van der Waals surface area (Å²) in [6.07, 6.45) is 6.44. The van der Waals surface area contributed by atoms with Crippen molar-refractivity contribution in [2.24, 2.45) is 5.73 Å². The second kappa shape index (κ2) is 9.88. The van der Waals surface area contributed by atoms with E-state index in [0.29, 0.717) is 32.7 Å². The smallest absolute Gasteiger partial charge is 0.243 e. The number of nitrogens with one attached hydrogen (secondary N) is 1. The minimum atomic E-state index is -3.48. The van der Waals surface area contributed by atoms with E-state index >= 15 is 0 Å². The molecule has 0 spiro atoms. The lowest BCUT2D eigenvalue weighted by Crippen LogP contribution is -2.25. The molecule has 1 aromatic rings. The van der Waals surface area contributed by atoms with E-state index in [0.717, 1.165) is 25.9 Å². The Labute approximate surface area is 126 Å². The Balaban J connectivity index is 2.31. The number of unbranched alkanes of at least 4 members (excludes halogenated alkanes) is 1. The first-order valence-electron chi connectivity index (χ1n) is 7.40. The molecule has 0 aliphatic carbocycles. The summed E-state index contributed by atoms with van der Waals surface area (Å²) in [5.74, 6) is 0. The molecule has 7 nitrogen and oxygen atoms in total. The Hall–Kier alpha value is -0.960. The van der Waals surface area contributed by atoms with E-state index in [-0.39, 0.29) is 4.90 Å². The maximum atomic E-state index is 12.0. The molecule has 0 bridgehead atoms. The van der Waals surface area contributed by atoms with E-state index in [2.05, 4.69) is 16.7 Å². The second-order valence-corrected chi connectivity index (χ2v) is 6.57. The van der Waals surface area contributed by atoms with Gasteiger partial charge in [-0.15, -0.1) is 0 Å². The van der Waals surface area contributed by atoms with Crippen LogP contribution in [-0.2, 0) is 21.3 Å². The van der Waals surface area contributed by atoms with Gasteiger partial charge in [0.1, 0.15) is 4.90 Å². The topological polar surface area (TPSA) is 99.2 Å². The van der Waals surface area contributed by atoms with Crippen LogP contribution >= 0.6 is 0 Å². The maximum Gasteiger partial charge on any atom is 0.243 e. The van der Waals surface area contributed by atoms with Crippen LogP contribution in [0.15, 0.2) is 17.3 Å². The highest BCUT2D eigenvalue weighted by molar-refractivity contribution is 7.89. The minimum absolute atomic E-state index is 0.187. The summed E-state index contributed by atoms with van der Waals surface area (Å²) < 4.78 is 33.6. The number of aryl methyl sites for hydroxylation is 1. The molecule has 0 saturated carbocycles. The van der Waals surface area contributed by atoms with Gasteiger partial charge >= 0.3 is 0 Å². The number of hydrogen-bond acceptors (Lipinski definition) is 5. The molecule has 0 saturated heterocycles. The van der Waals surface area contributed by atoms with Crippen LogP contribution in [-0.4, -0.2) is 44.5 Å². The van der Waals surface area contributed by atoms with Gasteiger partial charge in [0.25, 0.3) is 0 Å². The Morgan fingerprint density at radius 3 is 2.81 bits per heavy atom. The first kappa shape index (κ1) is 18.1. The van der Waals surface area contributed by atoms with Gasteiger partial charge in [0.2, 0.25) is 10.0 Å². The number of nitrogens with zero attached hydrogens (tertiary/aromatic N) is 2. The molecule has 0 atom stereocenters. The van der Waals surface area contributed by atoms with Gasteiger partial charge in [-0.1, -0.05) is 13.3 Å². The molecule has 21 heavy (non-hydrogen) atoms. The summed E-state index contributed by atoms with van der Waals surface area (Å²) in [6, 6.07) is 0. The van der Waals surface area contributed by atoms with Gasteiger partial charge in [0.15, 0.2) is 0 Å². The monoisotopic (exact) mass is 318 g/mol. The molecule has 0 aliphatic rings. The van der Waals surface area contributed by atoms with Crippen LogP contribution in [0.3, 0.4) is 0 Å². The van der Waals surface area contributed by atoms with Crippen LogP contribution in [0.2, 0.25) is 0 Å². The summed E-state index contributed by atoms with van der Waals surface area (Å²) in [5, 5.41) is 4.02. The highest BCUT2D eigenvalue weighted by Gasteiger charge is 2.15. The molecule has 1 rings (SSSR count). The standard InChI is InChI=1S/C13H26N4O3S/c1-2-3-9-20-10-5-7-16-21(18,19)13-11-15-17(12-13)8-4-6-14/h11-12,16H,2-10,14H2,1H3. The van der Waals surface area contributed by atoms with Gasteiger partial charge in [-0.05, 0) is 25.8 Å². The van der Waals surface area contributed by atoms with Crippen molar-refractivity contribution in [1.29, 1.82) is 0 Å². The lowest BCUT2D eigenvalue weighted by atomic mass is 10.4. The Kier molecular flexibility index (Phi) is 8.51. The van der Waals surface area contributed by atoms with Crippen molar-refractivity contribution < 1.29 is 13.2 Å². The van der Waals surface area contributed by atoms with Crippen molar-refractivity contribution in [3.8, 4) is 0 Å². The fourth-order valence-corrected chi connectivity index (χ4v) is 2.70. The summed E-state index contributed by atoms with van der Waals surface area (Å²) >= 11 is 0. The molecule has 0 aromatic carbocycles. The van der Waals surface area contributed by atoms with Gasteiger partial charge in [-0.3, -0.25) is 4.68 Å². The van der Waals surface area contributed by atoms with E-state index in [1.165, 1.54) is 12.4 Å². The van der Waals surface area contributed by atoms with Crippen LogP contribution in [0.1, 0.15) is 32.6 Å². The molecule has 0 aliphatic heterocycles. The first-order valence-corrected chi connectivity index (χ1v) is 8.88. The zero-order chi connectivity index (χ0) is 15.6. The number of rotatable bonds is 12. The van der Waals surface area contributed by atoms with E-state index in [9.17, 15) is 8.42 Å². The van der Waals surface area contributed by atoms with Crippen molar-refractivity contribution in [2.45, 2.75) is 44.0 Å². The van der Waals surface area contributed by atoms with Gasteiger partial charge in [-0.2, -0.15) is 5.10 Å². The third-order valence-electron chi connectivity index (χ3n) is 2.91. The Morgan fingerprint density at radius 2 is 2.10 bits per heavy atom. The van der Waals surface area contributed by atoms with Gasteiger partial charge in [-0.25, -0.2) is 13.1 Å². The first-order chi connectivity index (χ1) is 10.1. The Bertz CT molecular complexity index is 487.